The molecule has 1 aromatic carbocycles. The number of hydrogen-bond donors (Lipinski definition) is 9. The van der Waals surface area contributed by atoms with Gasteiger partial charge < -0.3 is 53.2 Å². The minimum atomic E-state index is -1.46. The van der Waals surface area contributed by atoms with E-state index in [0.717, 1.165) is 0 Å². The number of phenolic OH excluding ortho intramolecular Hbond substituents is 1. The summed E-state index contributed by atoms with van der Waals surface area (Å²) in [5, 5.41) is 31.5. The number of likely N-dealkylation sites (N-methyl/N-ethyl adjacent to an activating group) is 1. The van der Waals surface area contributed by atoms with E-state index in [4.69, 9.17) is 11.5 Å². The number of hydrogen-bond acceptors (Lipinski definition) is 10. The number of carbonyl (C=O) groups is 7. The monoisotopic (exact) mass is 676 g/mol. The van der Waals surface area contributed by atoms with Gasteiger partial charge in [0.1, 0.15) is 29.9 Å². The molecule has 1 saturated heterocycles. The average molecular weight is 677 g/mol. The second-order valence-electron chi connectivity index (χ2n) is 12.1. The molecule has 0 aliphatic carbocycles. The van der Waals surface area contributed by atoms with Gasteiger partial charge >= 0.3 is 0 Å². The first-order valence-corrected chi connectivity index (χ1v) is 15.8. The van der Waals surface area contributed by atoms with Crippen molar-refractivity contribution in [1.82, 2.24) is 31.5 Å². The molecule has 48 heavy (non-hydrogen) atoms. The summed E-state index contributed by atoms with van der Waals surface area (Å²) in [5.74, 6) is -4.62. The molecule has 1 aliphatic heterocycles. The highest BCUT2D eigenvalue weighted by molar-refractivity contribution is 5.96. The fourth-order valence-electron chi connectivity index (χ4n) is 5.18. The van der Waals surface area contributed by atoms with Crippen molar-refractivity contribution in [3.8, 4) is 5.75 Å². The number of benzene rings is 1. The van der Waals surface area contributed by atoms with Crippen molar-refractivity contribution in [1.29, 1.82) is 0 Å². The van der Waals surface area contributed by atoms with E-state index in [0.29, 0.717) is 18.4 Å². The summed E-state index contributed by atoms with van der Waals surface area (Å²) < 4.78 is 0. The van der Waals surface area contributed by atoms with E-state index in [2.05, 4.69) is 26.6 Å². The quantitative estimate of drug-likeness (QED) is 0.0754. The zero-order valence-corrected chi connectivity index (χ0v) is 27.5. The molecule has 1 aromatic rings. The van der Waals surface area contributed by atoms with Crippen LogP contribution >= 0.6 is 0 Å². The Balaban J connectivity index is 2.02. The fraction of sp³-hybridized carbons (Fsp3) is 0.581. The van der Waals surface area contributed by atoms with Gasteiger partial charge in [-0.1, -0.05) is 26.0 Å². The summed E-state index contributed by atoms with van der Waals surface area (Å²) in [7, 11) is 1.38. The first-order chi connectivity index (χ1) is 22.7. The van der Waals surface area contributed by atoms with Gasteiger partial charge in [-0.05, 0) is 55.7 Å². The van der Waals surface area contributed by atoms with Crippen molar-refractivity contribution in [2.45, 2.75) is 82.6 Å². The number of primary amides is 1. The maximum atomic E-state index is 13.7. The Morgan fingerprint density at radius 3 is 2.19 bits per heavy atom. The molecular weight excluding hydrogens is 628 g/mol. The first-order valence-electron chi connectivity index (χ1n) is 15.8. The third-order valence-corrected chi connectivity index (χ3v) is 7.71. The molecule has 0 radical (unpaired) electrons. The molecule has 0 bridgehead atoms. The second-order valence-corrected chi connectivity index (χ2v) is 12.1. The van der Waals surface area contributed by atoms with Crippen LogP contribution in [0.4, 0.5) is 0 Å². The predicted molar refractivity (Wildman–Crippen MR) is 172 cm³/mol. The largest absolute Gasteiger partial charge is 0.508 e. The zero-order chi connectivity index (χ0) is 36.0. The number of aliphatic hydroxyl groups excluding tert-OH is 1. The number of nitrogens with zero attached hydrogens (tertiary/aromatic N) is 1. The number of carbonyl (C=O) groups excluding carboxylic acids is 7. The van der Waals surface area contributed by atoms with Gasteiger partial charge in [0, 0.05) is 20.0 Å². The normalized spacial score (nSPS) is 16.6. The van der Waals surface area contributed by atoms with Crippen LogP contribution in [-0.4, -0.2) is 113 Å². The van der Waals surface area contributed by atoms with E-state index in [1.54, 1.807) is 12.1 Å². The van der Waals surface area contributed by atoms with Gasteiger partial charge in [0.2, 0.25) is 41.4 Å². The smallest absolute Gasteiger partial charge is 0.245 e. The average Bonchev–Trinajstić information content (AvgIpc) is 3.54. The van der Waals surface area contributed by atoms with Gasteiger partial charge in [-0.25, -0.2) is 0 Å². The minimum Gasteiger partial charge on any atom is -0.508 e. The van der Waals surface area contributed by atoms with Gasteiger partial charge in [-0.15, -0.1) is 0 Å². The van der Waals surface area contributed by atoms with Crippen LogP contribution in [0.1, 0.15) is 51.5 Å². The maximum Gasteiger partial charge on any atom is 0.245 e. The molecule has 7 amide bonds. The number of amides is 7. The van der Waals surface area contributed by atoms with Crippen molar-refractivity contribution >= 4 is 41.4 Å². The van der Waals surface area contributed by atoms with Crippen LogP contribution in [0.5, 0.6) is 5.75 Å². The zero-order valence-electron chi connectivity index (χ0n) is 27.5. The van der Waals surface area contributed by atoms with E-state index in [-0.39, 0.29) is 43.9 Å². The van der Waals surface area contributed by atoms with Crippen molar-refractivity contribution < 1.29 is 43.8 Å². The molecule has 0 unspecified atom stereocenters. The van der Waals surface area contributed by atoms with Gasteiger partial charge in [0.25, 0.3) is 0 Å². The first kappa shape index (κ1) is 39.4. The van der Waals surface area contributed by atoms with Gasteiger partial charge in [0.05, 0.1) is 19.2 Å². The molecule has 17 nitrogen and oxygen atoms in total. The Bertz CT molecular complexity index is 1310. The van der Waals surface area contributed by atoms with Crippen LogP contribution in [0.3, 0.4) is 0 Å². The van der Waals surface area contributed by atoms with Crippen molar-refractivity contribution in [2.75, 3.05) is 26.7 Å². The number of likely N-dealkylation sites (tertiary alicyclic amines) is 1. The standard InChI is InChI=1S/C31H48N8O9/c1-17(2)13-22(31(48)39-12-4-5-24(39)30(47)37-21(28(45)34-3)10-11-25(33)42)38-29(46)23(16-40)36-26(43)15-35-27(44)20(32)14-18-6-8-19(41)9-7-18/h6-9,17,20-24,40-41H,4-5,10-16,32H2,1-3H3,(H2,33,42)(H,34,45)(H,35,44)(H,36,43)(H,37,47)(H,38,46)/t20-,21-,22-,23-,24-/m0/s1. The van der Waals surface area contributed by atoms with E-state index in [9.17, 15) is 43.8 Å². The molecule has 0 spiro atoms. The molecule has 1 aliphatic rings. The predicted octanol–water partition coefficient (Wildman–Crippen LogP) is -3.13. The number of aromatic hydroxyl groups is 1. The minimum absolute atomic E-state index is 0.0298. The van der Waals surface area contributed by atoms with Crippen molar-refractivity contribution in [3.63, 3.8) is 0 Å². The van der Waals surface area contributed by atoms with E-state index >= 15 is 0 Å². The Labute approximate surface area is 278 Å². The lowest BCUT2D eigenvalue weighted by Gasteiger charge is -2.31. The Morgan fingerprint density at radius 1 is 0.938 bits per heavy atom. The SMILES string of the molecule is CNC(=O)[C@H](CCC(N)=O)NC(=O)[C@@H]1CCCN1C(=O)[C@H](CC(C)C)NC(=O)[C@H](CO)NC(=O)CNC(=O)[C@@H](N)Cc1ccc(O)cc1. The number of nitrogens with two attached hydrogens (primary N) is 2. The van der Waals surface area contributed by atoms with Gasteiger partial charge in [0.15, 0.2) is 0 Å². The second kappa shape index (κ2) is 19.1. The molecule has 1 fully saturated rings. The number of nitrogens with one attached hydrogen (secondary N) is 5. The van der Waals surface area contributed by atoms with Gasteiger partial charge in [-0.2, -0.15) is 0 Å². The lowest BCUT2D eigenvalue weighted by molar-refractivity contribution is -0.143. The lowest BCUT2D eigenvalue weighted by atomic mass is 10.0. The topological polar surface area (TPSA) is 275 Å². The van der Waals surface area contributed by atoms with E-state index in [1.807, 2.05) is 13.8 Å². The van der Waals surface area contributed by atoms with Crippen LogP contribution in [0.15, 0.2) is 24.3 Å². The highest BCUT2D eigenvalue weighted by Gasteiger charge is 2.39. The molecule has 17 heteroatoms. The van der Waals surface area contributed by atoms with Crippen LogP contribution in [0.25, 0.3) is 0 Å². The highest BCUT2D eigenvalue weighted by Crippen LogP contribution is 2.21. The van der Waals surface area contributed by atoms with E-state index < -0.39 is 84.7 Å². The molecule has 11 N–H and O–H groups in total. The molecule has 0 aromatic heterocycles. The summed E-state index contributed by atoms with van der Waals surface area (Å²) in [5.41, 5.74) is 11.8. The highest BCUT2D eigenvalue weighted by atomic mass is 16.3. The summed E-state index contributed by atoms with van der Waals surface area (Å²) in [6, 6.07) is 0.554. The summed E-state index contributed by atoms with van der Waals surface area (Å²) in [6.45, 7) is 2.51. The lowest BCUT2D eigenvalue weighted by Crippen LogP contribution is -2.59. The molecule has 0 saturated carbocycles. The third-order valence-electron chi connectivity index (χ3n) is 7.71. The molecule has 1 heterocycles. The molecule has 266 valence electrons. The number of rotatable bonds is 18. The van der Waals surface area contributed by atoms with Crippen molar-refractivity contribution in [3.05, 3.63) is 29.8 Å². The van der Waals surface area contributed by atoms with Crippen LogP contribution in [-0.2, 0) is 40.0 Å². The summed E-state index contributed by atoms with van der Waals surface area (Å²) in [4.78, 5) is 89.9. The number of phenols is 1. The van der Waals surface area contributed by atoms with Crippen LogP contribution in [0, 0.1) is 5.92 Å². The summed E-state index contributed by atoms with van der Waals surface area (Å²) >= 11 is 0. The Morgan fingerprint density at radius 2 is 1.60 bits per heavy atom. The molecular formula is C31H48N8O9. The Hall–Kier alpha value is -4.77. The molecule has 5 atom stereocenters. The Kier molecular flexibility index (Phi) is 15.7. The van der Waals surface area contributed by atoms with Crippen LogP contribution < -0.4 is 38.1 Å². The van der Waals surface area contributed by atoms with Crippen molar-refractivity contribution in [2.24, 2.45) is 17.4 Å². The van der Waals surface area contributed by atoms with Gasteiger partial charge in [-0.3, -0.25) is 33.6 Å². The summed E-state index contributed by atoms with van der Waals surface area (Å²) in [6.07, 6.45) is 0.934. The maximum absolute atomic E-state index is 13.7. The fourth-order valence-corrected chi connectivity index (χ4v) is 5.18. The van der Waals surface area contributed by atoms with E-state index in [1.165, 1.54) is 24.1 Å². The van der Waals surface area contributed by atoms with Crippen LogP contribution in [0.2, 0.25) is 0 Å². The number of aliphatic hydroxyl groups is 1. The third kappa shape index (κ3) is 12.4. The molecule has 2 rings (SSSR count).